The molecular formula is C25H38N4O5S. The molecule has 4 fully saturated rings. The Bertz CT molecular complexity index is 1010. The first-order chi connectivity index (χ1) is 16.9. The Morgan fingerprint density at radius 3 is 2.43 bits per heavy atom. The van der Waals surface area contributed by atoms with Crippen molar-refractivity contribution in [1.82, 2.24) is 9.62 Å². The van der Waals surface area contributed by atoms with E-state index in [1.807, 2.05) is 0 Å². The zero-order chi connectivity index (χ0) is 24.4. The third-order valence-electron chi connectivity index (χ3n) is 8.22. The topological polar surface area (TPSA) is 100 Å². The Morgan fingerprint density at radius 1 is 1.06 bits per heavy atom. The van der Waals surface area contributed by atoms with Crippen molar-refractivity contribution in [2.24, 2.45) is 17.8 Å². The molecule has 4 unspecified atom stereocenters. The van der Waals surface area contributed by atoms with Crippen LogP contribution in [0.2, 0.25) is 0 Å². The Labute approximate surface area is 208 Å². The van der Waals surface area contributed by atoms with Crippen LogP contribution < -0.4 is 15.5 Å². The summed E-state index contributed by atoms with van der Waals surface area (Å²) in [4.78, 5) is 15.3. The summed E-state index contributed by atoms with van der Waals surface area (Å²) in [6.45, 7) is 6.43. The van der Waals surface area contributed by atoms with Gasteiger partial charge >= 0.3 is 0 Å². The van der Waals surface area contributed by atoms with Crippen molar-refractivity contribution in [3.63, 3.8) is 0 Å². The number of anilines is 2. The summed E-state index contributed by atoms with van der Waals surface area (Å²) in [5.74, 6) is 2.15. The third kappa shape index (κ3) is 5.51. The molecule has 1 aromatic rings. The Hall–Kier alpha value is -1.72. The highest BCUT2D eigenvalue weighted by molar-refractivity contribution is 7.89. The van der Waals surface area contributed by atoms with Crippen molar-refractivity contribution in [1.29, 1.82) is 0 Å². The van der Waals surface area contributed by atoms with Crippen LogP contribution in [0.3, 0.4) is 0 Å². The molecule has 5 rings (SSSR count). The van der Waals surface area contributed by atoms with Crippen LogP contribution in [-0.4, -0.2) is 83.8 Å². The number of amides is 1. The van der Waals surface area contributed by atoms with Crippen molar-refractivity contribution in [3.8, 4) is 0 Å². The van der Waals surface area contributed by atoms with E-state index < -0.39 is 10.0 Å². The summed E-state index contributed by atoms with van der Waals surface area (Å²) >= 11 is 0. The molecule has 1 amide bonds. The summed E-state index contributed by atoms with van der Waals surface area (Å²) in [5, 5.41) is 6.45. The normalized spacial score (nSPS) is 28.3. The Kier molecular flexibility index (Phi) is 7.64. The SMILES string of the molecule is CC(NCC(=O)Nc1cc(S(=O)(=O)N2CCOCC2)ccc1N1CCOCC1)C1CC2CCC1C2. The number of morpholine rings is 2. The number of nitrogens with one attached hydrogen (secondary N) is 2. The van der Waals surface area contributed by atoms with E-state index >= 15 is 0 Å². The molecule has 2 saturated carbocycles. The first kappa shape index (κ1) is 25.0. The number of carbonyl (C=O) groups is 1. The summed E-state index contributed by atoms with van der Waals surface area (Å²) in [6, 6.07) is 5.34. The number of nitrogens with zero attached hydrogens (tertiary/aromatic N) is 2. The predicted octanol–water partition coefficient (Wildman–Crippen LogP) is 1.90. The van der Waals surface area contributed by atoms with E-state index in [2.05, 4.69) is 22.5 Å². The molecule has 0 aromatic heterocycles. The van der Waals surface area contributed by atoms with Crippen molar-refractivity contribution < 1.29 is 22.7 Å². The average Bonchev–Trinajstić information content (AvgIpc) is 3.52. The van der Waals surface area contributed by atoms with E-state index in [0.717, 1.165) is 17.5 Å². The fourth-order valence-electron chi connectivity index (χ4n) is 6.30. The number of ether oxygens (including phenoxy) is 2. The highest BCUT2D eigenvalue weighted by Gasteiger charge is 2.41. The fraction of sp³-hybridized carbons (Fsp3) is 0.720. The minimum absolute atomic E-state index is 0.157. The predicted molar refractivity (Wildman–Crippen MR) is 134 cm³/mol. The van der Waals surface area contributed by atoms with Crippen LogP contribution in [0.25, 0.3) is 0 Å². The molecule has 4 atom stereocenters. The first-order valence-electron chi connectivity index (χ1n) is 13.0. The summed E-state index contributed by atoms with van der Waals surface area (Å²) in [5.41, 5.74) is 1.35. The van der Waals surface area contributed by atoms with E-state index in [-0.39, 0.29) is 17.3 Å². The van der Waals surface area contributed by atoms with Gasteiger partial charge in [-0.05, 0) is 62.1 Å². The molecule has 10 heteroatoms. The van der Waals surface area contributed by atoms with Crippen LogP contribution in [0.5, 0.6) is 0 Å². The summed E-state index contributed by atoms with van der Waals surface area (Å²) in [7, 11) is -3.67. The first-order valence-corrected chi connectivity index (χ1v) is 14.4. The number of sulfonamides is 1. The van der Waals surface area contributed by atoms with E-state index in [4.69, 9.17) is 9.47 Å². The molecule has 0 spiro atoms. The van der Waals surface area contributed by atoms with E-state index in [1.54, 1.807) is 18.2 Å². The van der Waals surface area contributed by atoms with E-state index in [1.165, 1.54) is 30.0 Å². The van der Waals surface area contributed by atoms with Gasteiger partial charge in [0.05, 0.1) is 49.2 Å². The lowest BCUT2D eigenvalue weighted by Gasteiger charge is -2.31. The van der Waals surface area contributed by atoms with E-state index in [0.29, 0.717) is 70.3 Å². The van der Waals surface area contributed by atoms with Crippen molar-refractivity contribution in [2.45, 2.75) is 43.5 Å². The van der Waals surface area contributed by atoms with Gasteiger partial charge < -0.3 is 25.0 Å². The standard InChI is InChI=1S/C25H38N4O5S/c1-18(22-15-19-2-3-20(22)14-19)26-17-25(30)27-23-16-21(35(31,32)29-8-12-34-13-9-29)4-5-24(23)28-6-10-33-11-7-28/h4-5,16,18-20,22,26H,2-3,6-15,17H2,1H3,(H,27,30). The van der Waals surface area contributed by atoms with Crippen molar-refractivity contribution in [3.05, 3.63) is 18.2 Å². The lowest BCUT2D eigenvalue weighted by molar-refractivity contribution is -0.115. The maximum Gasteiger partial charge on any atom is 0.243 e. The second-order valence-corrected chi connectivity index (χ2v) is 12.3. The van der Waals surface area contributed by atoms with Crippen LogP contribution in [-0.2, 0) is 24.3 Å². The van der Waals surface area contributed by atoms with Crippen LogP contribution in [0.15, 0.2) is 23.1 Å². The lowest BCUT2D eigenvalue weighted by atomic mass is 9.84. The number of carbonyl (C=O) groups excluding carboxylic acids is 1. The van der Waals surface area contributed by atoms with Crippen LogP contribution in [0, 0.1) is 17.8 Å². The van der Waals surface area contributed by atoms with Gasteiger partial charge in [-0.1, -0.05) is 6.42 Å². The van der Waals surface area contributed by atoms with Gasteiger partial charge in [-0.15, -0.1) is 0 Å². The third-order valence-corrected chi connectivity index (χ3v) is 10.1. The van der Waals surface area contributed by atoms with Crippen molar-refractivity contribution >= 4 is 27.3 Å². The molecule has 2 aliphatic heterocycles. The van der Waals surface area contributed by atoms with E-state index in [9.17, 15) is 13.2 Å². The number of rotatable bonds is 8. The molecule has 2 heterocycles. The maximum atomic E-state index is 13.2. The van der Waals surface area contributed by atoms with Crippen LogP contribution in [0.1, 0.15) is 32.6 Å². The smallest absolute Gasteiger partial charge is 0.243 e. The quantitative estimate of drug-likeness (QED) is 0.555. The fourth-order valence-corrected chi connectivity index (χ4v) is 7.73. The Balaban J connectivity index is 1.30. The number of hydrogen-bond acceptors (Lipinski definition) is 7. The molecule has 2 bridgehead atoms. The van der Waals surface area contributed by atoms with Gasteiger partial charge in [0.15, 0.2) is 0 Å². The van der Waals surface area contributed by atoms with Gasteiger partial charge in [0.25, 0.3) is 0 Å². The van der Waals surface area contributed by atoms with Gasteiger partial charge in [0.1, 0.15) is 0 Å². The minimum Gasteiger partial charge on any atom is -0.379 e. The number of benzene rings is 1. The number of fused-ring (bicyclic) bond motifs is 2. The summed E-state index contributed by atoms with van der Waals surface area (Å²) in [6.07, 6.45) is 5.29. The second kappa shape index (κ2) is 10.7. The minimum atomic E-state index is -3.67. The highest BCUT2D eigenvalue weighted by Crippen LogP contribution is 2.49. The van der Waals surface area contributed by atoms with Gasteiger partial charge in [-0.3, -0.25) is 4.79 Å². The van der Waals surface area contributed by atoms with Crippen molar-refractivity contribution in [2.75, 3.05) is 69.4 Å². The van der Waals surface area contributed by atoms with Gasteiger partial charge in [0.2, 0.25) is 15.9 Å². The molecule has 1 aromatic carbocycles. The van der Waals surface area contributed by atoms with Crippen LogP contribution in [0.4, 0.5) is 11.4 Å². The molecule has 0 radical (unpaired) electrons. The zero-order valence-electron chi connectivity index (χ0n) is 20.6. The Morgan fingerprint density at radius 2 is 1.77 bits per heavy atom. The molecule has 2 N–H and O–H groups in total. The summed E-state index contributed by atoms with van der Waals surface area (Å²) < 4.78 is 38.7. The van der Waals surface area contributed by atoms with Gasteiger partial charge in [-0.2, -0.15) is 4.31 Å². The number of hydrogen-bond donors (Lipinski definition) is 2. The largest absolute Gasteiger partial charge is 0.379 e. The van der Waals surface area contributed by atoms with Gasteiger partial charge in [-0.25, -0.2) is 8.42 Å². The second-order valence-electron chi connectivity index (χ2n) is 10.4. The van der Waals surface area contributed by atoms with Gasteiger partial charge in [0, 0.05) is 32.2 Å². The molecule has 2 aliphatic carbocycles. The zero-order valence-corrected chi connectivity index (χ0v) is 21.4. The van der Waals surface area contributed by atoms with Crippen LogP contribution >= 0.6 is 0 Å². The highest BCUT2D eigenvalue weighted by atomic mass is 32.2. The molecule has 35 heavy (non-hydrogen) atoms. The lowest BCUT2D eigenvalue weighted by Crippen LogP contribution is -2.41. The molecule has 194 valence electrons. The monoisotopic (exact) mass is 506 g/mol. The molecule has 9 nitrogen and oxygen atoms in total. The molecule has 2 saturated heterocycles. The molecular weight excluding hydrogens is 468 g/mol. The molecule has 4 aliphatic rings. The average molecular weight is 507 g/mol. The maximum absolute atomic E-state index is 13.2.